The predicted octanol–water partition coefficient (Wildman–Crippen LogP) is 3.14. The van der Waals surface area contributed by atoms with Crippen molar-refractivity contribution in [1.29, 1.82) is 0 Å². The molecular weight excluding hydrogens is 463 g/mol. The maximum atomic E-state index is 13.6. The lowest BCUT2D eigenvalue weighted by Gasteiger charge is -2.35. The van der Waals surface area contributed by atoms with E-state index in [1.165, 1.54) is 12.1 Å². The fourth-order valence-corrected chi connectivity index (χ4v) is 5.64. The Balaban J connectivity index is 1.22. The fourth-order valence-electron chi connectivity index (χ4n) is 5.64. The van der Waals surface area contributed by atoms with E-state index in [-0.39, 0.29) is 42.5 Å². The number of carbonyl (C=O) groups excluding carboxylic acids is 2. The molecule has 2 atom stereocenters. The topological polar surface area (TPSA) is 76.9 Å². The Morgan fingerprint density at radius 2 is 1.83 bits per heavy atom. The molecule has 2 aliphatic heterocycles. The standard InChI is InChI=1S/C27H35FN4O4/c1-17-7-8-20(28)13-24(17)36-21-9-11-30(12-10-21)25(33)16-32-23-6-4-5-22(23)26(29-32)27(34)31-14-18(2)35-19(3)15-31/h7-8,13,18-19,21H,4-6,9-12,14-16H2,1-3H3. The van der Waals surface area contributed by atoms with E-state index < -0.39 is 0 Å². The van der Waals surface area contributed by atoms with Crippen LogP contribution in [0, 0.1) is 12.7 Å². The van der Waals surface area contributed by atoms with Crippen molar-refractivity contribution in [2.24, 2.45) is 0 Å². The molecule has 2 aromatic rings. The summed E-state index contributed by atoms with van der Waals surface area (Å²) < 4.78 is 27.2. The van der Waals surface area contributed by atoms with Gasteiger partial charge in [-0.1, -0.05) is 6.07 Å². The number of fused-ring (bicyclic) bond motifs is 1. The van der Waals surface area contributed by atoms with Gasteiger partial charge in [-0.05, 0) is 51.7 Å². The molecule has 8 nitrogen and oxygen atoms in total. The fraction of sp³-hybridized carbons (Fsp3) is 0.593. The summed E-state index contributed by atoms with van der Waals surface area (Å²) in [6.45, 7) is 8.25. The number of carbonyl (C=O) groups is 2. The Hall–Kier alpha value is -2.94. The number of hydrogen-bond donors (Lipinski definition) is 0. The predicted molar refractivity (Wildman–Crippen MR) is 132 cm³/mol. The van der Waals surface area contributed by atoms with Gasteiger partial charge in [-0.2, -0.15) is 5.10 Å². The van der Waals surface area contributed by atoms with E-state index in [0.29, 0.717) is 50.5 Å². The van der Waals surface area contributed by atoms with E-state index in [4.69, 9.17) is 9.47 Å². The van der Waals surface area contributed by atoms with Crippen LogP contribution < -0.4 is 4.74 Å². The zero-order chi connectivity index (χ0) is 25.4. The molecular formula is C27H35FN4O4. The Bertz CT molecular complexity index is 1130. The van der Waals surface area contributed by atoms with E-state index in [1.807, 2.05) is 30.6 Å². The van der Waals surface area contributed by atoms with Crippen LogP contribution in [0.3, 0.4) is 0 Å². The monoisotopic (exact) mass is 498 g/mol. The van der Waals surface area contributed by atoms with Gasteiger partial charge in [0.25, 0.3) is 5.91 Å². The largest absolute Gasteiger partial charge is 0.490 e. The molecule has 1 aromatic heterocycles. The maximum absolute atomic E-state index is 13.6. The van der Waals surface area contributed by atoms with Gasteiger partial charge in [0.2, 0.25) is 5.91 Å². The van der Waals surface area contributed by atoms with Gasteiger partial charge in [-0.3, -0.25) is 14.3 Å². The van der Waals surface area contributed by atoms with Crippen LogP contribution in [0.15, 0.2) is 18.2 Å². The second-order valence-electron chi connectivity index (χ2n) is 10.4. The molecule has 0 bridgehead atoms. The molecule has 0 saturated carbocycles. The number of aromatic nitrogens is 2. The van der Waals surface area contributed by atoms with Crippen LogP contribution in [-0.4, -0.2) is 75.9 Å². The van der Waals surface area contributed by atoms with Crippen LogP contribution in [-0.2, 0) is 28.9 Å². The minimum atomic E-state index is -0.314. The Labute approximate surface area is 211 Å². The average Bonchev–Trinajstić information content (AvgIpc) is 3.45. The highest BCUT2D eigenvalue weighted by Crippen LogP contribution is 2.28. The third kappa shape index (κ3) is 5.12. The van der Waals surface area contributed by atoms with Crippen molar-refractivity contribution < 1.29 is 23.5 Å². The lowest BCUT2D eigenvalue weighted by Crippen LogP contribution is -2.48. The summed E-state index contributed by atoms with van der Waals surface area (Å²) in [5, 5.41) is 4.66. The molecule has 3 heterocycles. The van der Waals surface area contributed by atoms with Gasteiger partial charge in [0.1, 0.15) is 24.2 Å². The summed E-state index contributed by atoms with van der Waals surface area (Å²) in [7, 11) is 0. The number of aryl methyl sites for hydroxylation is 1. The minimum Gasteiger partial charge on any atom is -0.490 e. The van der Waals surface area contributed by atoms with Crippen molar-refractivity contribution in [3.05, 3.63) is 46.5 Å². The molecule has 2 amide bonds. The Morgan fingerprint density at radius 3 is 2.56 bits per heavy atom. The van der Waals surface area contributed by atoms with E-state index >= 15 is 0 Å². The molecule has 0 radical (unpaired) electrons. The minimum absolute atomic E-state index is 0.000187. The zero-order valence-corrected chi connectivity index (χ0v) is 21.3. The molecule has 2 unspecified atom stereocenters. The van der Waals surface area contributed by atoms with E-state index in [1.54, 1.807) is 10.7 Å². The van der Waals surface area contributed by atoms with Gasteiger partial charge in [-0.15, -0.1) is 0 Å². The second-order valence-corrected chi connectivity index (χ2v) is 10.4. The van der Waals surface area contributed by atoms with Gasteiger partial charge in [0.15, 0.2) is 5.69 Å². The zero-order valence-electron chi connectivity index (χ0n) is 21.3. The van der Waals surface area contributed by atoms with Gasteiger partial charge in [0, 0.05) is 56.3 Å². The summed E-state index contributed by atoms with van der Waals surface area (Å²) in [6, 6.07) is 4.56. The van der Waals surface area contributed by atoms with Gasteiger partial charge < -0.3 is 19.3 Å². The number of nitrogens with zero attached hydrogens (tertiary/aromatic N) is 4. The number of halogens is 1. The summed E-state index contributed by atoms with van der Waals surface area (Å²) in [6.07, 6.45) is 3.94. The number of likely N-dealkylation sites (tertiary alicyclic amines) is 1. The SMILES string of the molecule is Cc1ccc(F)cc1OC1CCN(C(=O)Cn2nc(C(=O)N3CC(C)OC(C)C3)c3c2CCC3)CC1. The van der Waals surface area contributed by atoms with Gasteiger partial charge in [-0.25, -0.2) is 4.39 Å². The lowest BCUT2D eigenvalue weighted by atomic mass is 10.1. The molecule has 2 fully saturated rings. The van der Waals surface area contributed by atoms with Crippen LogP contribution in [0.25, 0.3) is 0 Å². The van der Waals surface area contributed by atoms with Crippen molar-refractivity contribution in [2.45, 2.75) is 77.7 Å². The summed E-state index contributed by atoms with van der Waals surface area (Å²) in [5.74, 6) is 0.186. The Kier molecular flexibility index (Phi) is 7.01. The van der Waals surface area contributed by atoms with Crippen LogP contribution in [0.2, 0.25) is 0 Å². The third-order valence-electron chi connectivity index (χ3n) is 7.44. The molecule has 36 heavy (non-hydrogen) atoms. The molecule has 3 aliphatic rings. The first kappa shape index (κ1) is 24.7. The van der Waals surface area contributed by atoms with E-state index in [9.17, 15) is 14.0 Å². The average molecular weight is 499 g/mol. The van der Waals surface area contributed by atoms with Crippen LogP contribution in [0.1, 0.15) is 60.4 Å². The highest BCUT2D eigenvalue weighted by atomic mass is 19.1. The molecule has 194 valence electrons. The molecule has 0 spiro atoms. The lowest BCUT2D eigenvalue weighted by molar-refractivity contribution is -0.133. The number of piperidine rings is 1. The van der Waals surface area contributed by atoms with Crippen molar-refractivity contribution in [2.75, 3.05) is 26.2 Å². The molecule has 0 N–H and O–H groups in total. The number of rotatable bonds is 5. The molecule has 1 aromatic carbocycles. The van der Waals surface area contributed by atoms with Crippen molar-refractivity contribution in [3.8, 4) is 5.75 Å². The van der Waals surface area contributed by atoms with E-state index in [2.05, 4.69) is 5.10 Å². The molecule has 5 rings (SSSR count). The number of benzene rings is 1. The molecule has 2 saturated heterocycles. The van der Waals surface area contributed by atoms with Gasteiger partial charge >= 0.3 is 0 Å². The molecule has 9 heteroatoms. The summed E-state index contributed by atoms with van der Waals surface area (Å²) >= 11 is 0. The first-order valence-electron chi connectivity index (χ1n) is 13.0. The van der Waals surface area contributed by atoms with Crippen molar-refractivity contribution in [3.63, 3.8) is 0 Å². The summed E-state index contributed by atoms with van der Waals surface area (Å²) in [5.41, 5.74) is 3.40. The first-order chi connectivity index (χ1) is 17.3. The van der Waals surface area contributed by atoms with Crippen LogP contribution in [0.5, 0.6) is 5.75 Å². The normalized spacial score (nSPS) is 22.6. The van der Waals surface area contributed by atoms with Crippen molar-refractivity contribution >= 4 is 11.8 Å². The highest BCUT2D eigenvalue weighted by Gasteiger charge is 2.33. The van der Waals surface area contributed by atoms with E-state index in [0.717, 1.165) is 36.1 Å². The number of hydrogen-bond acceptors (Lipinski definition) is 5. The first-order valence-corrected chi connectivity index (χ1v) is 13.0. The quantitative estimate of drug-likeness (QED) is 0.633. The molecule has 1 aliphatic carbocycles. The Morgan fingerprint density at radius 1 is 1.11 bits per heavy atom. The maximum Gasteiger partial charge on any atom is 0.274 e. The van der Waals surface area contributed by atoms with Crippen LogP contribution in [0.4, 0.5) is 4.39 Å². The smallest absolute Gasteiger partial charge is 0.274 e. The highest BCUT2D eigenvalue weighted by molar-refractivity contribution is 5.94. The van der Waals surface area contributed by atoms with Gasteiger partial charge in [0.05, 0.1) is 12.2 Å². The second kappa shape index (κ2) is 10.2. The van der Waals surface area contributed by atoms with Crippen molar-refractivity contribution in [1.82, 2.24) is 19.6 Å². The number of amides is 2. The number of morpholine rings is 1. The third-order valence-corrected chi connectivity index (χ3v) is 7.44. The summed E-state index contributed by atoms with van der Waals surface area (Å²) in [4.78, 5) is 30.2. The number of ether oxygens (including phenoxy) is 2. The van der Waals surface area contributed by atoms with Crippen LogP contribution >= 0.6 is 0 Å².